The first-order valence-electron chi connectivity index (χ1n) is 10.7. The van der Waals surface area contributed by atoms with Crippen LogP contribution in [-0.4, -0.2) is 26.5 Å². The molecule has 1 amide bonds. The maximum absolute atomic E-state index is 13.9. The van der Waals surface area contributed by atoms with E-state index in [1.807, 2.05) is 4.57 Å². The van der Waals surface area contributed by atoms with E-state index in [9.17, 15) is 18.4 Å². The average molecular weight is 473 g/mol. The van der Waals surface area contributed by atoms with Crippen LogP contribution in [-0.2, 0) is 23.6 Å². The first kappa shape index (κ1) is 24.6. The third kappa shape index (κ3) is 7.21. The van der Waals surface area contributed by atoms with Crippen LogP contribution < -0.4 is 5.32 Å². The third-order valence-corrected chi connectivity index (χ3v) is 5.86. The van der Waals surface area contributed by atoms with Crippen LogP contribution in [0, 0.1) is 17.6 Å². The van der Waals surface area contributed by atoms with E-state index in [2.05, 4.69) is 29.4 Å². The summed E-state index contributed by atoms with van der Waals surface area (Å²) in [5.74, 6) is 0.143. The molecule has 33 heavy (non-hydrogen) atoms. The summed E-state index contributed by atoms with van der Waals surface area (Å²) < 4.78 is 28.8. The molecule has 0 aliphatic rings. The lowest BCUT2D eigenvalue weighted by Crippen LogP contribution is -2.25. The number of halogens is 2. The number of Topliss-reactive ketones (excluding diaryl/α,β-unsaturated/α-hetero) is 1. The Labute approximate surface area is 195 Å². The van der Waals surface area contributed by atoms with Crippen molar-refractivity contribution >= 4 is 23.5 Å². The number of rotatable bonds is 11. The minimum atomic E-state index is -0.416. The summed E-state index contributed by atoms with van der Waals surface area (Å²) in [4.78, 5) is 24.4. The molecular weight excluding hydrogens is 446 g/mol. The first-order chi connectivity index (χ1) is 15.8. The molecule has 1 N–H and O–H groups in total. The van der Waals surface area contributed by atoms with Gasteiger partial charge in [-0.3, -0.25) is 9.59 Å². The number of amides is 1. The predicted octanol–water partition coefficient (Wildman–Crippen LogP) is 4.78. The molecule has 3 rings (SSSR count). The Morgan fingerprint density at radius 3 is 2.45 bits per heavy atom. The van der Waals surface area contributed by atoms with Crippen molar-refractivity contribution in [2.45, 2.75) is 50.7 Å². The van der Waals surface area contributed by atoms with E-state index in [1.165, 1.54) is 42.1 Å². The largest absolute Gasteiger partial charge is 0.349 e. The molecule has 0 aliphatic heterocycles. The van der Waals surface area contributed by atoms with Gasteiger partial charge in [0.25, 0.3) is 0 Å². The first-order valence-corrected chi connectivity index (χ1v) is 11.7. The van der Waals surface area contributed by atoms with Gasteiger partial charge in [0, 0.05) is 30.7 Å². The van der Waals surface area contributed by atoms with Gasteiger partial charge in [0.1, 0.15) is 11.6 Å². The van der Waals surface area contributed by atoms with Gasteiger partial charge in [0.05, 0.1) is 6.54 Å². The van der Waals surface area contributed by atoms with Crippen LogP contribution in [0.15, 0.2) is 53.7 Å². The van der Waals surface area contributed by atoms with Gasteiger partial charge in [-0.1, -0.05) is 43.8 Å². The second kappa shape index (κ2) is 11.7. The van der Waals surface area contributed by atoms with Gasteiger partial charge in [-0.2, -0.15) is 0 Å². The molecule has 0 saturated heterocycles. The van der Waals surface area contributed by atoms with Gasteiger partial charge in [0.2, 0.25) is 5.91 Å². The summed E-state index contributed by atoms with van der Waals surface area (Å²) >= 11 is 1.39. The quantitative estimate of drug-likeness (QED) is 0.321. The van der Waals surface area contributed by atoms with Crippen LogP contribution in [0.2, 0.25) is 0 Å². The predicted molar refractivity (Wildman–Crippen MR) is 123 cm³/mol. The van der Waals surface area contributed by atoms with Crippen molar-refractivity contribution in [2.75, 3.05) is 0 Å². The van der Waals surface area contributed by atoms with E-state index >= 15 is 0 Å². The van der Waals surface area contributed by atoms with Crippen molar-refractivity contribution in [3.63, 3.8) is 0 Å². The summed E-state index contributed by atoms with van der Waals surface area (Å²) in [6.45, 7) is 4.95. The molecule has 0 spiro atoms. The number of nitrogens with zero attached hydrogens (tertiary/aromatic N) is 3. The second-order valence-electron chi connectivity index (χ2n) is 7.99. The Morgan fingerprint density at radius 2 is 1.76 bits per heavy atom. The molecule has 0 unspecified atom stereocenters. The average Bonchev–Trinajstić information content (AvgIpc) is 3.16. The molecule has 2 aromatic carbocycles. The smallest absolute Gasteiger partial charge is 0.220 e. The van der Waals surface area contributed by atoms with Gasteiger partial charge in [-0.15, -0.1) is 10.2 Å². The van der Waals surface area contributed by atoms with Gasteiger partial charge in [-0.05, 0) is 41.8 Å². The standard InChI is InChI=1S/C24H26F2N4O2S/c1-16(2)14-30-22(28-29-24(30)33-15-18-5-3-4-6-20(18)26)13-27-23(32)12-11-21(31)17-7-9-19(25)10-8-17/h3-10,16H,11-15H2,1-2H3,(H,27,32). The topological polar surface area (TPSA) is 76.9 Å². The van der Waals surface area contributed by atoms with E-state index < -0.39 is 5.82 Å². The number of thioether (sulfide) groups is 1. The Bertz CT molecular complexity index is 1100. The lowest BCUT2D eigenvalue weighted by Gasteiger charge is -2.13. The van der Waals surface area contributed by atoms with Gasteiger partial charge >= 0.3 is 0 Å². The van der Waals surface area contributed by atoms with Crippen molar-refractivity contribution in [1.29, 1.82) is 0 Å². The number of carbonyl (C=O) groups is 2. The maximum atomic E-state index is 13.9. The van der Waals surface area contributed by atoms with Crippen LogP contribution >= 0.6 is 11.8 Å². The molecule has 3 aromatic rings. The number of hydrogen-bond donors (Lipinski definition) is 1. The lowest BCUT2D eigenvalue weighted by atomic mass is 10.1. The second-order valence-corrected chi connectivity index (χ2v) is 8.93. The van der Waals surface area contributed by atoms with E-state index in [0.717, 1.165) is 0 Å². The summed E-state index contributed by atoms with van der Waals surface area (Å²) in [6.07, 6.45) is 0.0450. The summed E-state index contributed by atoms with van der Waals surface area (Å²) in [7, 11) is 0. The molecule has 0 saturated carbocycles. The van der Waals surface area contributed by atoms with Crippen LogP contribution in [0.25, 0.3) is 0 Å². The van der Waals surface area contributed by atoms with Crippen molar-refractivity contribution < 1.29 is 18.4 Å². The van der Waals surface area contributed by atoms with Crippen LogP contribution in [0.5, 0.6) is 0 Å². The Hall–Kier alpha value is -3.07. The molecule has 1 aromatic heterocycles. The summed E-state index contributed by atoms with van der Waals surface area (Å²) in [5.41, 5.74) is 0.958. The number of benzene rings is 2. The fourth-order valence-electron chi connectivity index (χ4n) is 3.14. The van der Waals surface area contributed by atoms with Crippen molar-refractivity contribution in [3.8, 4) is 0 Å². The van der Waals surface area contributed by atoms with Gasteiger partial charge in [-0.25, -0.2) is 8.78 Å². The molecular formula is C24H26F2N4O2S. The van der Waals surface area contributed by atoms with E-state index in [0.29, 0.717) is 40.3 Å². The molecule has 0 fully saturated rings. The van der Waals surface area contributed by atoms with Gasteiger partial charge < -0.3 is 9.88 Å². The molecule has 0 atom stereocenters. The number of carbonyl (C=O) groups excluding carboxylic acids is 2. The van der Waals surface area contributed by atoms with Crippen LogP contribution in [0.3, 0.4) is 0 Å². The minimum Gasteiger partial charge on any atom is -0.349 e. The fourth-order valence-corrected chi connectivity index (χ4v) is 4.09. The summed E-state index contributed by atoms with van der Waals surface area (Å²) in [5, 5.41) is 11.9. The molecule has 0 radical (unpaired) electrons. The molecule has 174 valence electrons. The van der Waals surface area contributed by atoms with Gasteiger partial charge in [0.15, 0.2) is 16.8 Å². The number of hydrogen-bond acceptors (Lipinski definition) is 5. The highest BCUT2D eigenvalue weighted by atomic mass is 32.2. The van der Waals surface area contributed by atoms with Crippen LogP contribution in [0.1, 0.15) is 48.4 Å². The Morgan fingerprint density at radius 1 is 1.03 bits per heavy atom. The molecule has 1 heterocycles. The van der Waals surface area contributed by atoms with E-state index in [-0.39, 0.29) is 36.9 Å². The fraction of sp³-hybridized carbons (Fsp3) is 0.333. The normalized spacial score (nSPS) is 11.1. The number of aromatic nitrogens is 3. The van der Waals surface area contributed by atoms with Crippen molar-refractivity contribution in [2.24, 2.45) is 5.92 Å². The zero-order chi connectivity index (χ0) is 23.8. The molecule has 0 bridgehead atoms. The highest BCUT2D eigenvalue weighted by molar-refractivity contribution is 7.98. The maximum Gasteiger partial charge on any atom is 0.220 e. The van der Waals surface area contributed by atoms with E-state index in [4.69, 9.17) is 0 Å². The molecule has 6 nitrogen and oxygen atoms in total. The third-order valence-electron chi connectivity index (χ3n) is 4.84. The Balaban J connectivity index is 1.56. The highest BCUT2D eigenvalue weighted by Crippen LogP contribution is 2.24. The van der Waals surface area contributed by atoms with Crippen molar-refractivity contribution in [1.82, 2.24) is 20.1 Å². The molecule has 9 heteroatoms. The Kier molecular flexibility index (Phi) is 8.71. The zero-order valence-electron chi connectivity index (χ0n) is 18.6. The number of ketones is 1. The SMILES string of the molecule is CC(C)Cn1c(CNC(=O)CCC(=O)c2ccc(F)cc2)nnc1SCc1ccccc1F. The lowest BCUT2D eigenvalue weighted by molar-refractivity contribution is -0.121. The summed E-state index contributed by atoms with van der Waals surface area (Å²) in [6, 6.07) is 11.9. The van der Waals surface area contributed by atoms with Crippen molar-refractivity contribution in [3.05, 3.63) is 77.1 Å². The molecule has 0 aliphatic carbocycles. The highest BCUT2D eigenvalue weighted by Gasteiger charge is 2.16. The van der Waals surface area contributed by atoms with E-state index in [1.54, 1.807) is 18.2 Å². The monoisotopic (exact) mass is 472 g/mol. The minimum absolute atomic E-state index is 0.0173. The zero-order valence-corrected chi connectivity index (χ0v) is 19.4. The number of nitrogens with one attached hydrogen (secondary N) is 1. The van der Waals surface area contributed by atoms with Crippen LogP contribution in [0.4, 0.5) is 8.78 Å².